The summed E-state index contributed by atoms with van der Waals surface area (Å²) in [6.45, 7) is 6.81. The Hall–Kier alpha value is -3.24. The number of carboxylic acid groups (broad SMARTS) is 2. The smallest absolute Gasteiger partial charge is 0.342 e. The van der Waals surface area contributed by atoms with Crippen LogP contribution in [0.5, 0.6) is 0 Å². The van der Waals surface area contributed by atoms with Crippen molar-refractivity contribution >= 4 is 17.8 Å². The number of H-pyrrole nitrogens is 1. The Bertz CT molecular complexity index is 1040. The molecule has 1 aliphatic rings. The Morgan fingerprint density at radius 3 is 2.23 bits per heavy atom. The number of hydrogen-bond donors (Lipinski definition) is 4. The number of rotatable bonds is 6. The summed E-state index contributed by atoms with van der Waals surface area (Å²) in [6, 6.07) is 3.93. The van der Waals surface area contributed by atoms with Gasteiger partial charge < -0.3 is 25.8 Å². The van der Waals surface area contributed by atoms with E-state index in [0.29, 0.717) is 12.1 Å². The van der Waals surface area contributed by atoms with Crippen LogP contribution in [-0.2, 0) is 6.54 Å². The average Bonchev–Trinajstić information content (AvgIpc) is 2.68. The van der Waals surface area contributed by atoms with E-state index in [1.54, 1.807) is 0 Å². The third-order valence-electron chi connectivity index (χ3n) is 5.32. The van der Waals surface area contributed by atoms with Gasteiger partial charge in [-0.25, -0.2) is 14.0 Å². The number of nitrogens with two attached hydrogens (primary N) is 1. The monoisotopic (exact) mass is 418 g/mol. The highest BCUT2D eigenvalue weighted by Gasteiger charge is 2.27. The van der Waals surface area contributed by atoms with Crippen molar-refractivity contribution in [1.29, 1.82) is 0 Å². The van der Waals surface area contributed by atoms with Crippen molar-refractivity contribution in [3.8, 4) is 11.1 Å². The summed E-state index contributed by atoms with van der Waals surface area (Å²) < 4.78 is 14.9. The minimum Gasteiger partial charge on any atom is -0.478 e. The van der Waals surface area contributed by atoms with Crippen LogP contribution in [0.15, 0.2) is 23.0 Å². The van der Waals surface area contributed by atoms with Crippen LogP contribution >= 0.6 is 0 Å². The van der Waals surface area contributed by atoms with Gasteiger partial charge in [-0.1, -0.05) is 19.1 Å². The first-order chi connectivity index (χ1) is 14.2. The molecule has 1 aromatic carbocycles. The fourth-order valence-corrected chi connectivity index (χ4v) is 3.67. The van der Waals surface area contributed by atoms with Gasteiger partial charge in [0, 0.05) is 43.9 Å². The van der Waals surface area contributed by atoms with Gasteiger partial charge in [0.25, 0.3) is 5.56 Å². The molecule has 0 saturated carbocycles. The Morgan fingerprint density at radius 1 is 1.10 bits per heavy atom. The van der Waals surface area contributed by atoms with Gasteiger partial charge in [-0.15, -0.1) is 0 Å². The molecule has 1 fully saturated rings. The number of nitrogens with zero attached hydrogens (tertiary/aromatic N) is 2. The molecular formula is C20H23FN4O5. The molecule has 0 bridgehead atoms. The van der Waals surface area contributed by atoms with Crippen molar-refractivity contribution in [3.63, 3.8) is 0 Å². The largest absolute Gasteiger partial charge is 0.478 e. The first kappa shape index (κ1) is 21.5. The molecule has 160 valence electrons. The second-order valence-corrected chi connectivity index (χ2v) is 7.12. The number of halogens is 1. The number of nitrogens with one attached hydrogen (secondary N) is 1. The van der Waals surface area contributed by atoms with E-state index in [4.69, 9.17) is 5.73 Å². The van der Waals surface area contributed by atoms with Gasteiger partial charge in [-0.05, 0) is 18.2 Å². The van der Waals surface area contributed by atoms with E-state index < -0.39 is 45.8 Å². The van der Waals surface area contributed by atoms with E-state index in [9.17, 15) is 29.0 Å². The number of benzene rings is 1. The highest BCUT2D eigenvalue weighted by Crippen LogP contribution is 2.30. The maximum atomic E-state index is 14.9. The van der Waals surface area contributed by atoms with Gasteiger partial charge in [-0.2, -0.15) is 0 Å². The molecule has 1 saturated heterocycles. The van der Waals surface area contributed by atoms with Gasteiger partial charge in [-0.3, -0.25) is 9.69 Å². The molecule has 0 spiro atoms. The topological polar surface area (TPSA) is 140 Å². The molecule has 5 N–H and O–H groups in total. The van der Waals surface area contributed by atoms with E-state index in [-0.39, 0.29) is 5.56 Å². The van der Waals surface area contributed by atoms with Crippen LogP contribution in [0.4, 0.5) is 10.2 Å². The minimum absolute atomic E-state index is 0.0420. The maximum absolute atomic E-state index is 14.9. The Morgan fingerprint density at radius 2 is 1.70 bits per heavy atom. The van der Waals surface area contributed by atoms with Crippen molar-refractivity contribution < 1.29 is 24.2 Å². The normalized spacial score (nSPS) is 15.3. The number of anilines is 1. The summed E-state index contributed by atoms with van der Waals surface area (Å²) in [5, 5.41) is 18.9. The number of hydrogen-bond acceptors (Lipinski definition) is 6. The number of aromatic carboxylic acids is 2. The van der Waals surface area contributed by atoms with Crippen molar-refractivity contribution in [2.75, 3.05) is 38.5 Å². The predicted molar refractivity (Wildman–Crippen MR) is 108 cm³/mol. The van der Waals surface area contributed by atoms with Crippen molar-refractivity contribution in [2.45, 2.75) is 13.5 Å². The Balaban J connectivity index is 2.00. The lowest BCUT2D eigenvalue weighted by Gasteiger charge is -2.34. The summed E-state index contributed by atoms with van der Waals surface area (Å²) in [5.74, 6) is -4.27. The zero-order valence-corrected chi connectivity index (χ0v) is 16.4. The van der Waals surface area contributed by atoms with E-state index in [1.165, 1.54) is 12.1 Å². The first-order valence-electron chi connectivity index (χ1n) is 9.48. The summed E-state index contributed by atoms with van der Waals surface area (Å²) in [7, 11) is 0. The SMILES string of the molecule is CCN1CCN(Cc2ccc(-c3c(C(=O)O)c(N)[nH]c(=O)c3C(=O)O)cc2F)CC1. The number of piperazine rings is 1. The molecule has 2 heterocycles. The molecule has 1 aliphatic heterocycles. The lowest BCUT2D eigenvalue weighted by molar-refractivity contribution is 0.0695. The summed E-state index contributed by atoms with van der Waals surface area (Å²) >= 11 is 0. The number of aromatic amines is 1. The molecule has 0 atom stereocenters. The molecule has 0 unspecified atom stereocenters. The van der Waals surface area contributed by atoms with Crippen LogP contribution in [0.2, 0.25) is 0 Å². The highest BCUT2D eigenvalue weighted by molar-refractivity contribution is 6.07. The zero-order valence-electron chi connectivity index (χ0n) is 16.4. The van der Waals surface area contributed by atoms with Crippen LogP contribution in [0, 0.1) is 5.82 Å². The number of carboxylic acids is 2. The fraction of sp³-hybridized carbons (Fsp3) is 0.350. The molecule has 30 heavy (non-hydrogen) atoms. The van der Waals surface area contributed by atoms with Gasteiger partial charge >= 0.3 is 11.9 Å². The van der Waals surface area contributed by atoms with Gasteiger partial charge in [0.05, 0.1) is 0 Å². The molecule has 0 amide bonds. The van der Waals surface area contributed by atoms with Gasteiger partial charge in [0.2, 0.25) is 0 Å². The van der Waals surface area contributed by atoms with Crippen LogP contribution < -0.4 is 11.3 Å². The Kier molecular flexibility index (Phi) is 6.18. The van der Waals surface area contributed by atoms with E-state index in [1.807, 2.05) is 4.98 Å². The minimum atomic E-state index is -1.63. The van der Waals surface area contributed by atoms with Gasteiger partial charge in [0.15, 0.2) is 0 Å². The van der Waals surface area contributed by atoms with Crippen LogP contribution in [0.1, 0.15) is 33.2 Å². The van der Waals surface area contributed by atoms with Crippen molar-refractivity contribution in [2.24, 2.45) is 0 Å². The van der Waals surface area contributed by atoms with Crippen molar-refractivity contribution in [3.05, 3.63) is 51.1 Å². The first-order valence-corrected chi connectivity index (χ1v) is 9.48. The number of aromatic nitrogens is 1. The van der Waals surface area contributed by atoms with E-state index >= 15 is 0 Å². The van der Waals surface area contributed by atoms with Crippen LogP contribution in [-0.4, -0.2) is 69.7 Å². The molecular weight excluding hydrogens is 395 g/mol. The second-order valence-electron chi connectivity index (χ2n) is 7.12. The molecule has 3 rings (SSSR count). The summed E-state index contributed by atoms with van der Waals surface area (Å²) in [5.41, 5.74) is 3.10. The number of pyridine rings is 1. The van der Waals surface area contributed by atoms with Gasteiger partial charge in [0.1, 0.15) is 22.8 Å². The highest BCUT2D eigenvalue weighted by atomic mass is 19.1. The molecule has 9 nitrogen and oxygen atoms in total. The zero-order chi connectivity index (χ0) is 22.0. The summed E-state index contributed by atoms with van der Waals surface area (Å²) in [6.07, 6.45) is 0. The predicted octanol–water partition coefficient (Wildman–Crippen LogP) is 1.30. The third-order valence-corrected chi connectivity index (χ3v) is 5.32. The number of carbonyl (C=O) groups is 2. The molecule has 2 aromatic rings. The average molecular weight is 418 g/mol. The molecule has 1 aromatic heterocycles. The molecule has 0 radical (unpaired) electrons. The lowest BCUT2D eigenvalue weighted by Crippen LogP contribution is -2.45. The number of likely N-dealkylation sites (N-methyl/N-ethyl adjacent to an activating group) is 1. The molecule has 0 aliphatic carbocycles. The quantitative estimate of drug-likeness (QED) is 0.550. The summed E-state index contributed by atoms with van der Waals surface area (Å²) in [4.78, 5) is 41.8. The van der Waals surface area contributed by atoms with Crippen LogP contribution in [0.3, 0.4) is 0 Å². The lowest BCUT2D eigenvalue weighted by atomic mass is 9.94. The van der Waals surface area contributed by atoms with E-state index in [0.717, 1.165) is 38.8 Å². The number of nitrogen functional groups attached to an aromatic ring is 1. The maximum Gasteiger partial charge on any atom is 0.342 e. The molecule has 10 heteroatoms. The second kappa shape index (κ2) is 8.64. The fourth-order valence-electron chi connectivity index (χ4n) is 3.67. The van der Waals surface area contributed by atoms with E-state index in [2.05, 4.69) is 16.7 Å². The Labute approximate surface area is 171 Å². The third kappa shape index (κ3) is 4.19. The van der Waals surface area contributed by atoms with Crippen LogP contribution in [0.25, 0.3) is 11.1 Å². The standard InChI is InChI=1S/C20H23FN4O5/c1-2-24-5-7-25(8-6-24)10-12-4-3-11(9-13(12)21)14-15(19(27)28)17(22)23-18(26)16(14)20(29)30/h3-4,9H,2,5-8,10H2,1H3,(H,27,28)(H,29,30)(H3,22,23,26). The van der Waals surface area contributed by atoms with Crippen molar-refractivity contribution in [1.82, 2.24) is 14.8 Å².